The lowest BCUT2D eigenvalue weighted by Crippen LogP contribution is -2.45. The molecule has 3 rings (SSSR count). The van der Waals surface area contributed by atoms with Gasteiger partial charge in [-0.1, -0.05) is 6.07 Å². The number of benzene rings is 1. The predicted octanol–water partition coefficient (Wildman–Crippen LogP) is 1.07. The van der Waals surface area contributed by atoms with Crippen LogP contribution in [0.2, 0.25) is 0 Å². The fourth-order valence-corrected chi connectivity index (χ4v) is 2.89. The maximum atomic E-state index is 11.2. The second-order valence-corrected chi connectivity index (χ2v) is 5.59. The van der Waals surface area contributed by atoms with Gasteiger partial charge in [-0.25, -0.2) is 0 Å². The zero-order valence-corrected chi connectivity index (χ0v) is 11.7. The minimum Gasteiger partial charge on any atom is -0.492 e. The van der Waals surface area contributed by atoms with Crippen LogP contribution in [-0.2, 0) is 11.2 Å². The average Bonchev–Trinajstić information content (AvgIpc) is 2.47. The monoisotopic (exact) mass is 276 g/mol. The Hall–Kier alpha value is -1.75. The van der Waals surface area contributed by atoms with E-state index in [1.165, 1.54) is 0 Å². The largest absolute Gasteiger partial charge is 0.492 e. The molecule has 0 aromatic heterocycles. The van der Waals surface area contributed by atoms with Gasteiger partial charge < -0.3 is 19.6 Å². The van der Waals surface area contributed by atoms with Gasteiger partial charge in [0.15, 0.2) is 0 Å². The molecular weight excluding hydrogens is 256 g/mol. The number of hydrogen-bond acceptors (Lipinski definition) is 4. The van der Waals surface area contributed by atoms with E-state index in [0.717, 1.165) is 43.2 Å². The third kappa shape index (κ3) is 2.45. The fraction of sp³-hybridized carbons (Fsp3) is 0.533. The number of carboxylic acid groups (broad SMARTS) is 1. The van der Waals surface area contributed by atoms with Crippen molar-refractivity contribution in [3.05, 3.63) is 23.8 Å². The Morgan fingerprint density at radius 1 is 1.30 bits per heavy atom. The molecule has 0 bridgehead atoms. The molecule has 1 atom stereocenters. The molecule has 0 aliphatic carbocycles. The van der Waals surface area contributed by atoms with E-state index in [9.17, 15) is 9.90 Å². The van der Waals surface area contributed by atoms with Gasteiger partial charge in [0.1, 0.15) is 12.4 Å². The normalized spacial score (nSPS) is 23.1. The number of aliphatic carboxylic acids is 1. The molecule has 108 valence electrons. The molecule has 1 N–H and O–H groups in total. The molecule has 0 spiro atoms. The maximum absolute atomic E-state index is 11.2. The molecule has 2 heterocycles. The standard InChI is InChI=1S/C15H20N2O3/c1-16-5-7-17(8-6-16)13-3-2-4-14-12(13)9-11(10-20-14)15(18)19/h2-4,11H,5-10H2,1H3,(H,18,19). The summed E-state index contributed by atoms with van der Waals surface area (Å²) in [4.78, 5) is 15.8. The smallest absolute Gasteiger partial charge is 0.310 e. The summed E-state index contributed by atoms with van der Waals surface area (Å²) in [6.07, 6.45) is 0.563. The zero-order valence-electron chi connectivity index (χ0n) is 11.7. The Balaban J connectivity index is 1.87. The quantitative estimate of drug-likeness (QED) is 0.876. The lowest BCUT2D eigenvalue weighted by molar-refractivity contribution is -0.143. The van der Waals surface area contributed by atoms with Crippen molar-refractivity contribution in [2.24, 2.45) is 5.92 Å². The number of nitrogens with zero attached hydrogens (tertiary/aromatic N) is 2. The predicted molar refractivity (Wildman–Crippen MR) is 76.5 cm³/mol. The first-order chi connectivity index (χ1) is 9.65. The first kappa shape index (κ1) is 13.2. The molecule has 5 nitrogen and oxygen atoms in total. The Labute approximate surface area is 118 Å². The maximum Gasteiger partial charge on any atom is 0.310 e. The molecular formula is C15H20N2O3. The van der Waals surface area contributed by atoms with E-state index >= 15 is 0 Å². The Bertz CT molecular complexity index is 510. The molecule has 0 amide bonds. The number of hydrogen-bond donors (Lipinski definition) is 1. The molecule has 0 radical (unpaired) electrons. The van der Waals surface area contributed by atoms with E-state index < -0.39 is 11.9 Å². The Kier molecular flexibility index (Phi) is 3.53. The van der Waals surface area contributed by atoms with Crippen molar-refractivity contribution in [2.75, 3.05) is 44.7 Å². The van der Waals surface area contributed by atoms with Gasteiger partial charge in [-0.3, -0.25) is 4.79 Å². The molecule has 1 saturated heterocycles. The van der Waals surface area contributed by atoms with Gasteiger partial charge in [0.25, 0.3) is 0 Å². The second-order valence-electron chi connectivity index (χ2n) is 5.59. The van der Waals surface area contributed by atoms with Crippen LogP contribution in [-0.4, -0.2) is 55.8 Å². The summed E-state index contributed by atoms with van der Waals surface area (Å²) in [5, 5.41) is 9.20. The lowest BCUT2D eigenvalue weighted by Gasteiger charge is -2.36. The second kappa shape index (κ2) is 5.32. The van der Waals surface area contributed by atoms with Crippen LogP contribution >= 0.6 is 0 Å². The highest BCUT2D eigenvalue weighted by atomic mass is 16.5. The number of rotatable bonds is 2. The summed E-state index contributed by atoms with van der Waals surface area (Å²) in [5.41, 5.74) is 2.19. The summed E-state index contributed by atoms with van der Waals surface area (Å²) in [6.45, 7) is 4.30. The number of likely N-dealkylation sites (N-methyl/N-ethyl adjacent to an activating group) is 1. The third-order valence-corrected chi connectivity index (χ3v) is 4.19. The molecule has 1 aromatic carbocycles. The fourth-order valence-electron chi connectivity index (χ4n) is 2.89. The number of anilines is 1. The average molecular weight is 276 g/mol. The van der Waals surface area contributed by atoms with Gasteiger partial charge >= 0.3 is 5.97 Å². The van der Waals surface area contributed by atoms with Crippen molar-refractivity contribution in [2.45, 2.75) is 6.42 Å². The highest BCUT2D eigenvalue weighted by Gasteiger charge is 2.29. The molecule has 1 unspecified atom stereocenters. The highest BCUT2D eigenvalue weighted by molar-refractivity contribution is 5.73. The molecule has 1 aromatic rings. The Morgan fingerprint density at radius 3 is 2.75 bits per heavy atom. The van der Waals surface area contributed by atoms with Crippen LogP contribution in [0.3, 0.4) is 0 Å². The van der Waals surface area contributed by atoms with E-state index in [2.05, 4.69) is 22.9 Å². The minimum absolute atomic E-state index is 0.272. The van der Waals surface area contributed by atoms with Crippen LogP contribution in [0, 0.1) is 5.92 Å². The van der Waals surface area contributed by atoms with Crippen LogP contribution in [0.5, 0.6) is 5.75 Å². The highest BCUT2D eigenvalue weighted by Crippen LogP contribution is 2.35. The van der Waals surface area contributed by atoms with Gasteiger partial charge in [0, 0.05) is 37.4 Å². The van der Waals surface area contributed by atoms with E-state index in [1.807, 2.05) is 12.1 Å². The van der Waals surface area contributed by atoms with Crippen molar-refractivity contribution < 1.29 is 14.6 Å². The third-order valence-electron chi connectivity index (χ3n) is 4.19. The van der Waals surface area contributed by atoms with Crippen LogP contribution in [0.15, 0.2) is 18.2 Å². The van der Waals surface area contributed by atoms with E-state index in [0.29, 0.717) is 6.42 Å². The number of ether oxygens (including phenoxy) is 1. The van der Waals surface area contributed by atoms with Crippen molar-refractivity contribution >= 4 is 11.7 Å². The zero-order chi connectivity index (χ0) is 14.1. The molecule has 0 saturated carbocycles. The minimum atomic E-state index is -0.774. The topological polar surface area (TPSA) is 53.0 Å². The Morgan fingerprint density at radius 2 is 2.05 bits per heavy atom. The summed E-state index contributed by atoms with van der Waals surface area (Å²) >= 11 is 0. The molecule has 1 fully saturated rings. The summed E-state index contributed by atoms with van der Waals surface area (Å²) in [6, 6.07) is 6.01. The number of fused-ring (bicyclic) bond motifs is 1. The van der Waals surface area contributed by atoms with Crippen molar-refractivity contribution in [3.8, 4) is 5.75 Å². The van der Waals surface area contributed by atoms with Gasteiger partial charge in [-0.2, -0.15) is 0 Å². The summed E-state index contributed by atoms with van der Waals surface area (Å²) < 4.78 is 5.63. The first-order valence-electron chi connectivity index (χ1n) is 7.06. The van der Waals surface area contributed by atoms with Gasteiger partial charge in [-0.15, -0.1) is 0 Å². The molecule has 2 aliphatic heterocycles. The van der Waals surface area contributed by atoms with Gasteiger partial charge in [0.05, 0.1) is 5.92 Å². The van der Waals surface area contributed by atoms with Crippen molar-refractivity contribution in [1.82, 2.24) is 4.90 Å². The number of carbonyl (C=O) groups is 1. The summed E-state index contributed by atoms with van der Waals surface area (Å²) in [5.74, 6) is -0.362. The molecule has 2 aliphatic rings. The SMILES string of the molecule is CN1CCN(c2cccc3c2CC(C(=O)O)CO3)CC1. The van der Waals surface area contributed by atoms with Gasteiger partial charge in [0.2, 0.25) is 0 Å². The van der Waals surface area contributed by atoms with Crippen LogP contribution in [0.4, 0.5) is 5.69 Å². The number of piperazine rings is 1. The molecule has 20 heavy (non-hydrogen) atoms. The van der Waals surface area contributed by atoms with Crippen LogP contribution in [0.25, 0.3) is 0 Å². The van der Waals surface area contributed by atoms with E-state index in [1.54, 1.807) is 0 Å². The van der Waals surface area contributed by atoms with Crippen LogP contribution < -0.4 is 9.64 Å². The van der Waals surface area contributed by atoms with Crippen LogP contribution in [0.1, 0.15) is 5.56 Å². The van der Waals surface area contributed by atoms with E-state index in [-0.39, 0.29) is 6.61 Å². The number of carboxylic acids is 1. The summed E-state index contributed by atoms with van der Waals surface area (Å²) in [7, 11) is 2.13. The van der Waals surface area contributed by atoms with Gasteiger partial charge in [-0.05, 0) is 25.6 Å². The van der Waals surface area contributed by atoms with Crippen molar-refractivity contribution in [1.29, 1.82) is 0 Å². The lowest BCUT2D eigenvalue weighted by atomic mass is 9.95. The first-order valence-corrected chi connectivity index (χ1v) is 7.06. The van der Waals surface area contributed by atoms with Crippen molar-refractivity contribution in [3.63, 3.8) is 0 Å². The molecule has 5 heteroatoms. The van der Waals surface area contributed by atoms with E-state index in [4.69, 9.17) is 4.74 Å².